The summed E-state index contributed by atoms with van der Waals surface area (Å²) in [7, 11) is 0. The van der Waals surface area contributed by atoms with Gasteiger partial charge in [0.15, 0.2) is 0 Å². The van der Waals surface area contributed by atoms with Crippen LogP contribution in [0.3, 0.4) is 0 Å². The number of aliphatic hydroxyl groups excluding tert-OH is 1. The van der Waals surface area contributed by atoms with Crippen molar-refractivity contribution >= 4 is 5.82 Å². The predicted molar refractivity (Wildman–Crippen MR) is 84.1 cm³/mol. The summed E-state index contributed by atoms with van der Waals surface area (Å²) >= 11 is 0. The molecule has 2 rings (SSSR count). The Kier molecular flexibility index (Phi) is 5.03. The first-order valence-electron chi connectivity index (χ1n) is 7.87. The minimum Gasteiger partial charge on any atom is -0.392 e. The van der Waals surface area contributed by atoms with Crippen LogP contribution in [0.4, 0.5) is 5.82 Å². The zero-order valence-corrected chi connectivity index (χ0v) is 13.3. The molecule has 1 N–H and O–H groups in total. The molecule has 0 radical (unpaired) electrons. The van der Waals surface area contributed by atoms with Gasteiger partial charge >= 0.3 is 0 Å². The minimum absolute atomic E-state index is 0.0791. The Morgan fingerprint density at radius 3 is 2.50 bits per heavy atom. The van der Waals surface area contributed by atoms with Crippen molar-refractivity contribution in [1.82, 2.24) is 4.98 Å². The van der Waals surface area contributed by atoms with Crippen molar-refractivity contribution in [3.05, 3.63) is 22.9 Å². The van der Waals surface area contributed by atoms with Crippen molar-refractivity contribution in [2.75, 3.05) is 11.4 Å². The van der Waals surface area contributed by atoms with E-state index < -0.39 is 0 Å². The van der Waals surface area contributed by atoms with Crippen molar-refractivity contribution in [1.29, 1.82) is 0 Å². The lowest BCUT2D eigenvalue weighted by atomic mass is 10.1. The van der Waals surface area contributed by atoms with E-state index in [4.69, 9.17) is 4.98 Å². The summed E-state index contributed by atoms with van der Waals surface area (Å²) < 4.78 is 0. The van der Waals surface area contributed by atoms with Crippen LogP contribution in [0.25, 0.3) is 0 Å². The molecule has 1 aromatic heterocycles. The lowest BCUT2D eigenvalue weighted by molar-refractivity contribution is 0.280. The van der Waals surface area contributed by atoms with Crippen molar-refractivity contribution in [3.8, 4) is 0 Å². The fourth-order valence-electron chi connectivity index (χ4n) is 3.29. The van der Waals surface area contributed by atoms with Crippen LogP contribution < -0.4 is 4.90 Å². The van der Waals surface area contributed by atoms with Gasteiger partial charge in [0.2, 0.25) is 0 Å². The average molecular weight is 276 g/mol. The quantitative estimate of drug-likeness (QED) is 0.892. The number of hydrogen-bond donors (Lipinski definition) is 1. The van der Waals surface area contributed by atoms with Crippen LogP contribution in [0, 0.1) is 19.8 Å². The van der Waals surface area contributed by atoms with Crippen LogP contribution in [0.5, 0.6) is 0 Å². The molecule has 0 saturated heterocycles. The molecule has 0 spiro atoms. The topological polar surface area (TPSA) is 36.4 Å². The smallest absolute Gasteiger partial charge is 0.134 e. The third-order valence-electron chi connectivity index (χ3n) is 4.21. The van der Waals surface area contributed by atoms with Crippen LogP contribution in [0.1, 0.15) is 56.4 Å². The molecular weight excluding hydrogens is 248 g/mol. The van der Waals surface area contributed by atoms with Gasteiger partial charge in [-0.1, -0.05) is 26.7 Å². The first kappa shape index (κ1) is 15.3. The van der Waals surface area contributed by atoms with Crippen molar-refractivity contribution in [2.45, 2.75) is 66.0 Å². The molecule has 0 aliphatic heterocycles. The Labute approximate surface area is 123 Å². The zero-order valence-electron chi connectivity index (χ0n) is 13.3. The zero-order chi connectivity index (χ0) is 14.7. The fraction of sp³-hybridized carbons (Fsp3) is 0.706. The van der Waals surface area contributed by atoms with Crippen molar-refractivity contribution in [2.24, 2.45) is 5.92 Å². The van der Waals surface area contributed by atoms with Crippen molar-refractivity contribution in [3.63, 3.8) is 0 Å². The van der Waals surface area contributed by atoms with E-state index in [0.717, 1.165) is 29.2 Å². The fourth-order valence-corrected chi connectivity index (χ4v) is 3.29. The summed E-state index contributed by atoms with van der Waals surface area (Å²) in [6.07, 6.45) is 5.15. The molecular formula is C17H28N2O. The second-order valence-electron chi connectivity index (χ2n) is 6.53. The van der Waals surface area contributed by atoms with E-state index in [1.165, 1.54) is 25.7 Å². The first-order chi connectivity index (χ1) is 9.52. The van der Waals surface area contributed by atoms with Gasteiger partial charge in [-0.2, -0.15) is 0 Å². The maximum atomic E-state index is 9.75. The van der Waals surface area contributed by atoms with Gasteiger partial charge in [0.05, 0.1) is 6.61 Å². The van der Waals surface area contributed by atoms with E-state index in [-0.39, 0.29) is 6.61 Å². The second kappa shape index (κ2) is 6.57. The van der Waals surface area contributed by atoms with Gasteiger partial charge in [0.1, 0.15) is 5.82 Å². The summed E-state index contributed by atoms with van der Waals surface area (Å²) in [6.45, 7) is 9.72. The molecule has 1 fully saturated rings. The Hall–Kier alpha value is -1.09. The molecule has 1 aliphatic carbocycles. The average Bonchev–Trinajstić information content (AvgIpc) is 2.88. The SMILES string of the molecule is Cc1cc(C)c(CO)c(N(CC(C)C)C2CCCC2)n1. The highest BCUT2D eigenvalue weighted by molar-refractivity contribution is 5.52. The van der Waals surface area contributed by atoms with Gasteiger partial charge in [-0.05, 0) is 44.2 Å². The molecule has 0 aromatic carbocycles. The molecule has 3 heteroatoms. The van der Waals surface area contributed by atoms with Gasteiger partial charge in [-0.25, -0.2) is 4.98 Å². The van der Waals surface area contributed by atoms with Gasteiger partial charge in [-0.3, -0.25) is 0 Å². The maximum Gasteiger partial charge on any atom is 0.134 e. The van der Waals surface area contributed by atoms with E-state index in [2.05, 4.69) is 31.7 Å². The molecule has 3 nitrogen and oxygen atoms in total. The summed E-state index contributed by atoms with van der Waals surface area (Å²) in [5.41, 5.74) is 3.20. The summed E-state index contributed by atoms with van der Waals surface area (Å²) in [5, 5.41) is 9.75. The molecule has 1 aromatic rings. The van der Waals surface area contributed by atoms with Crippen LogP contribution in [-0.2, 0) is 6.61 Å². The number of aryl methyl sites for hydroxylation is 2. The highest BCUT2D eigenvalue weighted by Gasteiger charge is 2.26. The standard InChI is InChI=1S/C17H28N2O/c1-12(2)10-19(15-7-5-6-8-15)17-16(11-20)13(3)9-14(4)18-17/h9,12,15,20H,5-8,10-11H2,1-4H3. The normalized spacial score (nSPS) is 16.1. The van der Waals surface area contributed by atoms with Crippen LogP contribution in [0.2, 0.25) is 0 Å². The Balaban J connectivity index is 2.41. The lowest BCUT2D eigenvalue weighted by Gasteiger charge is -2.33. The number of aliphatic hydroxyl groups is 1. The molecule has 0 atom stereocenters. The summed E-state index contributed by atoms with van der Waals surface area (Å²) in [6, 6.07) is 2.66. The molecule has 1 aliphatic rings. The van der Waals surface area contributed by atoms with Gasteiger partial charge in [0.25, 0.3) is 0 Å². The van der Waals surface area contributed by atoms with E-state index in [9.17, 15) is 5.11 Å². The Bertz CT molecular complexity index is 451. The molecule has 0 bridgehead atoms. The number of aromatic nitrogens is 1. The molecule has 1 saturated carbocycles. The van der Waals surface area contributed by atoms with Crippen LogP contribution in [-0.4, -0.2) is 22.7 Å². The molecule has 0 amide bonds. The molecule has 112 valence electrons. The number of rotatable bonds is 5. The van der Waals surface area contributed by atoms with Gasteiger partial charge < -0.3 is 10.0 Å². The monoisotopic (exact) mass is 276 g/mol. The van der Waals surface area contributed by atoms with E-state index in [0.29, 0.717) is 12.0 Å². The number of anilines is 1. The molecule has 20 heavy (non-hydrogen) atoms. The first-order valence-corrected chi connectivity index (χ1v) is 7.87. The van der Waals surface area contributed by atoms with E-state index in [1.807, 2.05) is 6.92 Å². The molecule has 0 unspecified atom stereocenters. The minimum atomic E-state index is 0.0791. The second-order valence-corrected chi connectivity index (χ2v) is 6.53. The molecule has 1 heterocycles. The Morgan fingerprint density at radius 2 is 1.95 bits per heavy atom. The third kappa shape index (κ3) is 3.32. The highest BCUT2D eigenvalue weighted by Crippen LogP contribution is 2.31. The maximum absolute atomic E-state index is 9.75. The van der Waals surface area contributed by atoms with E-state index in [1.54, 1.807) is 0 Å². The van der Waals surface area contributed by atoms with E-state index >= 15 is 0 Å². The van der Waals surface area contributed by atoms with Gasteiger partial charge in [-0.15, -0.1) is 0 Å². The number of nitrogens with zero attached hydrogens (tertiary/aromatic N) is 2. The predicted octanol–water partition coefficient (Wildman–Crippen LogP) is 3.60. The highest BCUT2D eigenvalue weighted by atomic mass is 16.3. The number of pyridine rings is 1. The van der Waals surface area contributed by atoms with Crippen LogP contribution >= 0.6 is 0 Å². The van der Waals surface area contributed by atoms with Gasteiger partial charge in [0, 0.05) is 23.8 Å². The third-order valence-corrected chi connectivity index (χ3v) is 4.21. The summed E-state index contributed by atoms with van der Waals surface area (Å²) in [5.74, 6) is 1.62. The van der Waals surface area contributed by atoms with Crippen LogP contribution in [0.15, 0.2) is 6.07 Å². The lowest BCUT2D eigenvalue weighted by Crippen LogP contribution is -2.38. The number of hydrogen-bond acceptors (Lipinski definition) is 3. The largest absolute Gasteiger partial charge is 0.392 e. The Morgan fingerprint density at radius 1 is 1.30 bits per heavy atom. The van der Waals surface area contributed by atoms with Crippen molar-refractivity contribution < 1.29 is 5.11 Å². The summed E-state index contributed by atoms with van der Waals surface area (Å²) in [4.78, 5) is 7.23.